The monoisotopic (exact) mass is 351 g/mol. The lowest BCUT2D eigenvalue weighted by atomic mass is 10.1. The predicted octanol–water partition coefficient (Wildman–Crippen LogP) is 2.78. The molecule has 8 heteroatoms. The summed E-state index contributed by atoms with van der Waals surface area (Å²) < 4.78 is 17.7. The predicted molar refractivity (Wildman–Crippen MR) is 93.8 cm³/mol. The highest BCUT2D eigenvalue weighted by Gasteiger charge is 2.13. The molecule has 0 amide bonds. The molecule has 0 saturated carbocycles. The highest BCUT2D eigenvalue weighted by atomic mass is 16.5. The fourth-order valence-corrected chi connectivity index (χ4v) is 2.59. The van der Waals surface area contributed by atoms with Crippen LogP contribution in [0.25, 0.3) is 28.3 Å². The van der Waals surface area contributed by atoms with Gasteiger partial charge < -0.3 is 14.0 Å². The molecule has 0 bridgehead atoms. The summed E-state index contributed by atoms with van der Waals surface area (Å²) in [6, 6.07) is 9.50. The van der Waals surface area contributed by atoms with Crippen molar-refractivity contribution in [3.63, 3.8) is 0 Å². The second-order valence-electron chi connectivity index (χ2n) is 5.68. The van der Waals surface area contributed by atoms with E-state index in [1.165, 1.54) is 0 Å². The summed E-state index contributed by atoms with van der Waals surface area (Å²) in [7, 11) is 1.64. The normalized spacial score (nSPS) is 11.2. The number of fused-ring (bicyclic) bond motifs is 1. The molecule has 0 atom stereocenters. The van der Waals surface area contributed by atoms with Crippen LogP contribution in [0.5, 0.6) is 5.75 Å². The van der Waals surface area contributed by atoms with Crippen molar-refractivity contribution in [3.05, 3.63) is 48.6 Å². The quantitative estimate of drug-likeness (QED) is 0.494. The Labute approximate surface area is 149 Å². The molecule has 0 radical (unpaired) electrons. The number of ether oxygens (including phenoxy) is 2. The molecule has 0 saturated heterocycles. The average molecular weight is 351 g/mol. The molecule has 0 aliphatic heterocycles. The van der Waals surface area contributed by atoms with Gasteiger partial charge in [-0.1, -0.05) is 5.16 Å². The van der Waals surface area contributed by atoms with Gasteiger partial charge in [0.15, 0.2) is 5.65 Å². The summed E-state index contributed by atoms with van der Waals surface area (Å²) in [4.78, 5) is 8.92. The van der Waals surface area contributed by atoms with Gasteiger partial charge in [-0.3, -0.25) is 0 Å². The number of aryl methyl sites for hydroxylation is 1. The van der Waals surface area contributed by atoms with Gasteiger partial charge in [-0.05, 0) is 30.3 Å². The van der Waals surface area contributed by atoms with Crippen LogP contribution in [0.2, 0.25) is 0 Å². The first-order valence-electron chi connectivity index (χ1n) is 8.11. The van der Waals surface area contributed by atoms with Crippen LogP contribution in [0.4, 0.5) is 0 Å². The summed E-state index contributed by atoms with van der Waals surface area (Å²) >= 11 is 0. The van der Waals surface area contributed by atoms with Crippen LogP contribution in [-0.4, -0.2) is 45.1 Å². The van der Waals surface area contributed by atoms with Crippen molar-refractivity contribution in [2.45, 2.75) is 6.92 Å². The van der Waals surface area contributed by atoms with E-state index in [0.717, 1.165) is 22.5 Å². The largest absolute Gasteiger partial charge is 0.491 e. The van der Waals surface area contributed by atoms with Crippen molar-refractivity contribution >= 4 is 5.65 Å². The Morgan fingerprint density at radius 3 is 2.77 bits per heavy atom. The van der Waals surface area contributed by atoms with E-state index in [9.17, 15) is 0 Å². The molecular weight excluding hydrogens is 334 g/mol. The van der Waals surface area contributed by atoms with E-state index in [-0.39, 0.29) is 0 Å². The maximum Gasteiger partial charge on any atom is 0.223 e. The van der Waals surface area contributed by atoms with Crippen molar-refractivity contribution < 1.29 is 14.0 Å². The fourth-order valence-electron chi connectivity index (χ4n) is 2.59. The van der Waals surface area contributed by atoms with Crippen LogP contribution in [0, 0.1) is 6.92 Å². The molecule has 0 aliphatic carbocycles. The Hall–Kier alpha value is -3.26. The Bertz CT molecular complexity index is 1010. The van der Waals surface area contributed by atoms with E-state index in [1.54, 1.807) is 24.7 Å². The zero-order chi connectivity index (χ0) is 17.9. The summed E-state index contributed by atoms with van der Waals surface area (Å²) in [5.41, 5.74) is 3.21. The summed E-state index contributed by atoms with van der Waals surface area (Å²) in [6.45, 7) is 2.70. The van der Waals surface area contributed by atoms with Crippen LogP contribution in [0.1, 0.15) is 5.89 Å². The van der Waals surface area contributed by atoms with E-state index < -0.39 is 0 Å². The Morgan fingerprint density at radius 1 is 1.12 bits per heavy atom. The zero-order valence-electron chi connectivity index (χ0n) is 14.4. The molecule has 1 aromatic carbocycles. The molecule has 0 N–H and O–H groups in total. The van der Waals surface area contributed by atoms with Gasteiger partial charge in [-0.2, -0.15) is 10.1 Å². The van der Waals surface area contributed by atoms with Crippen LogP contribution in [-0.2, 0) is 4.74 Å². The molecule has 0 fully saturated rings. The van der Waals surface area contributed by atoms with E-state index in [1.807, 2.05) is 36.5 Å². The van der Waals surface area contributed by atoms with E-state index in [2.05, 4.69) is 20.2 Å². The molecule has 3 heterocycles. The number of rotatable bonds is 6. The first kappa shape index (κ1) is 16.2. The lowest BCUT2D eigenvalue weighted by molar-refractivity contribution is 0.146. The second kappa shape index (κ2) is 6.93. The molecule has 3 aromatic heterocycles. The molecule has 8 nitrogen and oxygen atoms in total. The van der Waals surface area contributed by atoms with Crippen LogP contribution < -0.4 is 4.74 Å². The SMILES string of the molecule is COCCOc1cc(-c2cn3ncccc3n2)cc(-c2noc(C)n2)c1. The first-order chi connectivity index (χ1) is 12.7. The molecule has 26 heavy (non-hydrogen) atoms. The summed E-state index contributed by atoms with van der Waals surface area (Å²) in [5.74, 6) is 1.69. The third-order valence-corrected chi connectivity index (χ3v) is 3.78. The van der Waals surface area contributed by atoms with Crippen molar-refractivity contribution in [1.82, 2.24) is 24.7 Å². The standard InChI is InChI=1S/C18H17N5O3/c1-12-20-18(22-26-12)14-8-13(9-15(10-14)25-7-6-24-2)16-11-23-17(21-16)4-3-5-19-23/h3-5,8-11H,6-7H2,1-2H3. The number of hydrogen-bond donors (Lipinski definition) is 0. The van der Waals surface area contributed by atoms with Crippen LogP contribution in [0.3, 0.4) is 0 Å². The Morgan fingerprint density at radius 2 is 2.00 bits per heavy atom. The van der Waals surface area contributed by atoms with Gasteiger partial charge >= 0.3 is 0 Å². The highest BCUT2D eigenvalue weighted by molar-refractivity contribution is 5.71. The Kier molecular flexibility index (Phi) is 4.32. The van der Waals surface area contributed by atoms with Gasteiger partial charge in [-0.25, -0.2) is 9.50 Å². The fraction of sp³-hybridized carbons (Fsp3) is 0.222. The van der Waals surface area contributed by atoms with Gasteiger partial charge in [-0.15, -0.1) is 0 Å². The third-order valence-electron chi connectivity index (χ3n) is 3.78. The number of benzene rings is 1. The minimum atomic E-state index is 0.442. The van der Waals surface area contributed by atoms with Gasteiger partial charge in [0.2, 0.25) is 11.7 Å². The summed E-state index contributed by atoms with van der Waals surface area (Å²) in [6.07, 6.45) is 3.59. The maximum atomic E-state index is 5.79. The topological polar surface area (TPSA) is 87.6 Å². The smallest absolute Gasteiger partial charge is 0.223 e. The van der Waals surface area contributed by atoms with Gasteiger partial charge in [0, 0.05) is 31.4 Å². The summed E-state index contributed by atoms with van der Waals surface area (Å²) in [5, 5.41) is 8.26. The Balaban J connectivity index is 1.77. The second-order valence-corrected chi connectivity index (χ2v) is 5.68. The minimum absolute atomic E-state index is 0.442. The van der Waals surface area contributed by atoms with E-state index >= 15 is 0 Å². The van der Waals surface area contributed by atoms with Gasteiger partial charge in [0.1, 0.15) is 12.4 Å². The molecule has 4 rings (SSSR count). The van der Waals surface area contributed by atoms with Gasteiger partial charge in [0.05, 0.1) is 18.5 Å². The molecule has 132 valence electrons. The van der Waals surface area contributed by atoms with E-state index in [4.69, 9.17) is 14.0 Å². The number of methoxy groups -OCH3 is 1. The highest BCUT2D eigenvalue weighted by Crippen LogP contribution is 2.30. The molecular formula is C18H17N5O3. The minimum Gasteiger partial charge on any atom is -0.491 e. The van der Waals surface area contributed by atoms with Crippen molar-refractivity contribution in [2.24, 2.45) is 0 Å². The van der Waals surface area contributed by atoms with Crippen molar-refractivity contribution in [1.29, 1.82) is 0 Å². The molecule has 0 unspecified atom stereocenters. The zero-order valence-corrected chi connectivity index (χ0v) is 14.4. The molecule has 0 aliphatic rings. The molecule has 0 spiro atoms. The van der Waals surface area contributed by atoms with E-state index in [0.29, 0.717) is 30.7 Å². The lowest BCUT2D eigenvalue weighted by Gasteiger charge is -2.09. The number of aromatic nitrogens is 5. The number of hydrogen-bond acceptors (Lipinski definition) is 7. The number of nitrogens with zero attached hydrogens (tertiary/aromatic N) is 5. The van der Waals surface area contributed by atoms with Crippen LogP contribution in [0.15, 0.2) is 47.2 Å². The average Bonchev–Trinajstić information content (AvgIpc) is 3.28. The van der Waals surface area contributed by atoms with Crippen molar-refractivity contribution in [2.75, 3.05) is 20.3 Å². The van der Waals surface area contributed by atoms with Crippen LogP contribution >= 0.6 is 0 Å². The number of imidazole rings is 1. The first-order valence-corrected chi connectivity index (χ1v) is 8.11. The van der Waals surface area contributed by atoms with Gasteiger partial charge in [0.25, 0.3) is 0 Å². The third kappa shape index (κ3) is 3.27. The molecule has 4 aromatic rings. The van der Waals surface area contributed by atoms with Crippen molar-refractivity contribution in [3.8, 4) is 28.4 Å². The maximum absolute atomic E-state index is 5.79. The lowest BCUT2D eigenvalue weighted by Crippen LogP contribution is -2.04.